The standard InChI is InChI=1S/C7H7F3O3S2/c8-7(9,10)15(11,12)13-3-1-6-2-4-14-5-6/h2,4-5H,1,3H2. The molecule has 0 aromatic carbocycles. The van der Waals surface area contributed by atoms with E-state index in [0.29, 0.717) is 0 Å². The summed E-state index contributed by atoms with van der Waals surface area (Å²) in [6.07, 6.45) is 0.138. The van der Waals surface area contributed by atoms with Gasteiger partial charge in [-0.05, 0) is 28.8 Å². The van der Waals surface area contributed by atoms with Gasteiger partial charge in [0.1, 0.15) is 0 Å². The molecule has 15 heavy (non-hydrogen) atoms. The monoisotopic (exact) mass is 260 g/mol. The summed E-state index contributed by atoms with van der Waals surface area (Å²) in [4.78, 5) is 0. The minimum atomic E-state index is -5.45. The molecule has 1 aromatic rings. The molecule has 1 rings (SSSR count). The summed E-state index contributed by atoms with van der Waals surface area (Å²) in [5.74, 6) is 0. The van der Waals surface area contributed by atoms with Crippen LogP contribution in [0.1, 0.15) is 5.56 Å². The zero-order valence-corrected chi connectivity index (χ0v) is 8.95. The lowest BCUT2D eigenvalue weighted by Crippen LogP contribution is -2.26. The Morgan fingerprint density at radius 1 is 1.40 bits per heavy atom. The molecular formula is C7H7F3O3S2. The van der Waals surface area contributed by atoms with Crippen LogP contribution in [0.3, 0.4) is 0 Å². The molecule has 8 heteroatoms. The second kappa shape index (κ2) is 4.50. The number of rotatable bonds is 4. The molecule has 0 aliphatic carbocycles. The van der Waals surface area contributed by atoms with Crippen molar-refractivity contribution in [1.82, 2.24) is 0 Å². The molecule has 0 N–H and O–H groups in total. The van der Waals surface area contributed by atoms with E-state index >= 15 is 0 Å². The number of halogens is 3. The Kier molecular flexibility index (Phi) is 3.74. The molecule has 0 saturated heterocycles. The highest BCUT2D eigenvalue weighted by atomic mass is 32.2. The SMILES string of the molecule is O=S(=O)(OCCc1ccsc1)C(F)(F)F. The summed E-state index contributed by atoms with van der Waals surface area (Å²) in [6, 6.07) is 1.69. The fourth-order valence-electron chi connectivity index (χ4n) is 0.771. The van der Waals surface area contributed by atoms with Crippen molar-refractivity contribution >= 4 is 21.5 Å². The van der Waals surface area contributed by atoms with E-state index in [9.17, 15) is 21.6 Å². The van der Waals surface area contributed by atoms with Crippen molar-refractivity contribution in [2.75, 3.05) is 6.61 Å². The average molecular weight is 260 g/mol. The average Bonchev–Trinajstić information content (AvgIpc) is 2.54. The maximum absolute atomic E-state index is 11.8. The number of thiophene rings is 1. The van der Waals surface area contributed by atoms with Crippen LogP contribution in [0.2, 0.25) is 0 Å². The summed E-state index contributed by atoms with van der Waals surface area (Å²) >= 11 is 1.38. The molecule has 86 valence electrons. The third-order valence-electron chi connectivity index (χ3n) is 1.49. The van der Waals surface area contributed by atoms with Crippen molar-refractivity contribution in [1.29, 1.82) is 0 Å². The van der Waals surface area contributed by atoms with E-state index < -0.39 is 22.2 Å². The predicted octanol–water partition coefficient (Wildman–Crippen LogP) is 2.16. The van der Waals surface area contributed by atoms with Gasteiger partial charge in [0, 0.05) is 0 Å². The molecule has 0 amide bonds. The highest BCUT2D eigenvalue weighted by Gasteiger charge is 2.47. The third-order valence-corrected chi connectivity index (χ3v) is 3.27. The van der Waals surface area contributed by atoms with Crippen molar-refractivity contribution in [2.45, 2.75) is 11.9 Å². The Hall–Kier alpha value is -0.600. The van der Waals surface area contributed by atoms with Gasteiger partial charge in [-0.25, -0.2) is 0 Å². The van der Waals surface area contributed by atoms with Gasteiger partial charge in [0.05, 0.1) is 6.61 Å². The highest BCUT2D eigenvalue weighted by Crippen LogP contribution is 2.24. The maximum Gasteiger partial charge on any atom is 0.523 e. The second-order valence-corrected chi connectivity index (χ2v) is 4.99. The lowest BCUT2D eigenvalue weighted by molar-refractivity contribution is -0.0541. The summed E-state index contributed by atoms with van der Waals surface area (Å²) in [5.41, 5.74) is -4.60. The Bertz CT molecular complexity index is 394. The van der Waals surface area contributed by atoms with Crippen LogP contribution < -0.4 is 0 Å². The molecule has 0 atom stereocenters. The Labute approximate surface area is 88.6 Å². The molecule has 1 heterocycles. The van der Waals surface area contributed by atoms with Crippen molar-refractivity contribution in [3.63, 3.8) is 0 Å². The van der Waals surface area contributed by atoms with E-state index in [1.165, 1.54) is 11.3 Å². The predicted molar refractivity (Wildman–Crippen MR) is 48.9 cm³/mol. The topological polar surface area (TPSA) is 43.4 Å². The Balaban J connectivity index is 2.45. The van der Waals surface area contributed by atoms with Crippen LogP contribution in [0.5, 0.6) is 0 Å². The summed E-state index contributed by atoms with van der Waals surface area (Å²) in [6.45, 7) is -0.501. The zero-order chi connectivity index (χ0) is 11.5. The van der Waals surface area contributed by atoms with Gasteiger partial charge < -0.3 is 0 Å². The number of hydrogen-bond donors (Lipinski definition) is 0. The third kappa shape index (κ3) is 3.47. The van der Waals surface area contributed by atoms with Crippen LogP contribution in [0, 0.1) is 0 Å². The van der Waals surface area contributed by atoms with Gasteiger partial charge in [0.2, 0.25) is 0 Å². The van der Waals surface area contributed by atoms with E-state index in [-0.39, 0.29) is 6.42 Å². The van der Waals surface area contributed by atoms with Crippen molar-refractivity contribution in [3.8, 4) is 0 Å². The minimum absolute atomic E-state index is 0.138. The largest absolute Gasteiger partial charge is 0.523 e. The van der Waals surface area contributed by atoms with Crippen LogP contribution in [0.4, 0.5) is 13.2 Å². The van der Waals surface area contributed by atoms with Gasteiger partial charge in [-0.3, -0.25) is 4.18 Å². The molecule has 0 aliphatic rings. The summed E-state index contributed by atoms with van der Waals surface area (Å²) in [7, 11) is -5.45. The van der Waals surface area contributed by atoms with Crippen LogP contribution >= 0.6 is 11.3 Å². The van der Waals surface area contributed by atoms with E-state index in [2.05, 4.69) is 4.18 Å². The van der Waals surface area contributed by atoms with Gasteiger partial charge >= 0.3 is 15.6 Å². The summed E-state index contributed by atoms with van der Waals surface area (Å²) < 4.78 is 60.1. The highest BCUT2D eigenvalue weighted by molar-refractivity contribution is 7.87. The molecule has 0 fully saturated rings. The first-order valence-corrected chi connectivity index (χ1v) is 6.15. The first-order chi connectivity index (χ1) is 6.83. The lowest BCUT2D eigenvalue weighted by Gasteiger charge is -2.07. The van der Waals surface area contributed by atoms with Crippen molar-refractivity contribution in [3.05, 3.63) is 22.4 Å². The number of hydrogen-bond acceptors (Lipinski definition) is 4. The van der Waals surface area contributed by atoms with E-state index in [4.69, 9.17) is 0 Å². The van der Waals surface area contributed by atoms with E-state index in [1.807, 2.05) is 0 Å². The van der Waals surface area contributed by atoms with Gasteiger partial charge in [-0.1, -0.05) is 0 Å². The maximum atomic E-state index is 11.8. The zero-order valence-electron chi connectivity index (χ0n) is 7.32. The fourth-order valence-corrected chi connectivity index (χ4v) is 1.91. The molecule has 0 spiro atoms. The van der Waals surface area contributed by atoms with Crippen LogP contribution in [0.15, 0.2) is 16.8 Å². The molecule has 1 aromatic heterocycles. The fraction of sp³-hybridized carbons (Fsp3) is 0.429. The smallest absolute Gasteiger partial charge is 0.263 e. The molecule has 0 aliphatic heterocycles. The minimum Gasteiger partial charge on any atom is -0.263 e. The van der Waals surface area contributed by atoms with Crippen LogP contribution in [-0.2, 0) is 20.7 Å². The first-order valence-electron chi connectivity index (χ1n) is 3.80. The van der Waals surface area contributed by atoms with Crippen LogP contribution in [0.25, 0.3) is 0 Å². The van der Waals surface area contributed by atoms with Crippen molar-refractivity contribution < 1.29 is 25.8 Å². The van der Waals surface area contributed by atoms with Gasteiger partial charge in [-0.2, -0.15) is 32.9 Å². The van der Waals surface area contributed by atoms with E-state index in [1.54, 1.807) is 16.8 Å². The van der Waals surface area contributed by atoms with E-state index in [0.717, 1.165) is 5.56 Å². The molecule has 0 radical (unpaired) electrons. The first kappa shape index (κ1) is 12.5. The molecule has 0 bridgehead atoms. The van der Waals surface area contributed by atoms with Crippen LogP contribution in [-0.4, -0.2) is 20.5 Å². The quantitative estimate of drug-likeness (QED) is 0.615. The summed E-state index contributed by atoms with van der Waals surface area (Å²) in [5, 5.41) is 3.46. The Morgan fingerprint density at radius 3 is 2.53 bits per heavy atom. The lowest BCUT2D eigenvalue weighted by atomic mass is 10.3. The van der Waals surface area contributed by atoms with Gasteiger partial charge in [-0.15, -0.1) is 0 Å². The molecule has 0 unspecified atom stereocenters. The Morgan fingerprint density at radius 2 is 2.07 bits per heavy atom. The van der Waals surface area contributed by atoms with Gasteiger partial charge in [0.15, 0.2) is 0 Å². The molecule has 3 nitrogen and oxygen atoms in total. The van der Waals surface area contributed by atoms with Gasteiger partial charge in [0.25, 0.3) is 0 Å². The molecular weight excluding hydrogens is 253 g/mol. The normalized spacial score (nSPS) is 13.0. The second-order valence-electron chi connectivity index (χ2n) is 2.60. The van der Waals surface area contributed by atoms with Crippen molar-refractivity contribution in [2.24, 2.45) is 0 Å². The molecule has 0 saturated carbocycles. The number of alkyl halides is 3.